The maximum Gasteiger partial charge on any atom is 0.0917 e. The Morgan fingerprint density at radius 1 is 1.33 bits per heavy atom. The van der Waals surface area contributed by atoms with Crippen LogP contribution in [0.1, 0.15) is 26.2 Å². The van der Waals surface area contributed by atoms with Gasteiger partial charge in [0.15, 0.2) is 0 Å². The molecule has 0 saturated carbocycles. The highest BCUT2D eigenvalue weighted by Gasteiger charge is 1.85. The molecule has 0 radical (unpaired) electrons. The van der Waals surface area contributed by atoms with Gasteiger partial charge in [-0.15, -0.1) is 11.8 Å². The Labute approximate surface area is 62.2 Å². The summed E-state index contributed by atoms with van der Waals surface area (Å²) in [6.07, 6.45) is 4.01. The van der Waals surface area contributed by atoms with Crippen molar-refractivity contribution in [2.24, 2.45) is 0 Å². The molecule has 0 bridgehead atoms. The predicted octanol–water partition coefficient (Wildman–Crippen LogP) is 2.51. The van der Waals surface area contributed by atoms with Crippen molar-refractivity contribution in [3.8, 4) is 0 Å². The molecule has 0 aromatic rings. The first-order chi connectivity index (χ1) is 4.41. The summed E-state index contributed by atoms with van der Waals surface area (Å²) < 4.78 is 4.88. The minimum atomic E-state index is 0.851. The number of thioether (sulfide) groups is 1. The number of unbranched alkanes of at least 4 members (excludes halogenated alkanes) is 2. The topological polar surface area (TPSA) is 9.23 Å². The Morgan fingerprint density at radius 3 is 2.67 bits per heavy atom. The lowest BCUT2D eigenvalue weighted by Gasteiger charge is -1.97. The molecule has 0 unspecified atom stereocenters. The van der Waals surface area contributed by atoms with E-state index in [0.717, 1.165) is 5.94 Å². The van der Waals surface area contributed by atoms with E-state index in [1.54, 1.807) is 7.11 Å². The van der Waals surface area contributed by atoms with Crippen LogP contribution in [0.25, 0.3) is 0 Å². The number of hydrogen-bond donors (Lipinski definition) is 0. The Hall–Kier alpha value is 0.310. The molecule has 0 aromatic heterocycles. The zero-order chi connectivity index (χ0) is 6.95. The van der Waals surface area contributed by atoms with Crippen molar-refractivity contribution in [2.75, 3.05) is 18.8 Å². The second-order valence-corrected chi connectivity index (χ2v) is 3.07. The fourth-order valence-electron chi connectivity index (χ4n) is 0.596. The Morgan fingerprint density at radius 2 is 2.11 bits per heavy atom. The highest BCUT2D eigenvalue weighted by atomic mass is 32.2. The SMILES string of the molecule is CCCCCSCOC. The summed E-state index contributed by atoms with van der Waals surface area (Å²) in [6, 6.07) is 0. The minimum Gasteiger partial charge on any atom is -0.374 e. The summed E-state index contributed by atoms with van der Waals surface area (Å²) in [5.74, 6) is 2.10. The number of ether oxygens (including phenoxy) is 1. The summed E-state index contributed by atoms with van der Waals surface area (Å²) in [6.45, 7) is 2.22. The van der Waals surface area contributed by atoms with E-state index in [1.165, 1.54) is 25.0 Å². The molecule has 0 rings (SSSR count). The van der Waals surface area contributed by atoms with E-state index >= 15 is 0 Å². The fourth-order valence-corrected chi connectivity index (χ4v) is 1.29. The highest BCUT2D eigenvalue weighted by Crippen LogP contribution is 2.04. The maximum absolute atomic E-state index is 4.88. The third-order valence-electron chi connectivity index (χ3n) is 1.09. The van der Waals surface area contributed by atoms with Crippen molar-refractivity contribution in [3.05, 3.63) is 0 Å². The molecule has 0 atom stereocenters. The highest BCUT2D eigenvalue weighted by molar-refractivity contribution is 7.99. The first-order valence-electron chi connectivity index (χ1n) is 3.48. The monoisotopic (exact) mass is 148 g/mol. The van der Waals surface area contributed by atoms with Gasteiger partial charge < -0.3 is 4.74 Å². The van der Waals surface area contributed by atoms with Crippen LogP contribution in [0.2, 0.25) is 0 Å². The van der Waals surface area contributed by atoms with Gasteiger partial charge in [0.1, 0.15) is 0 Å². The van der Waals surface area contributed by atoms with E-state index in [1.807, 2.05) is 11.8 Å². The van der Waals surface area contributed by atoms with Gasteiger partial charge in [0, 0.05) is 7.11 Å². The normalized spacial score (nSPS) is 10.0. The van der Waals surface area contributed by atoms with Gasteiger partial charge in [0.05, 0.1) is 5.94 Å². The number of rotatable bonds is 6. The zero-order valence-corrected chi connectivity index (χ0v) is 7.17. The van der Waals surface area contributed by atoms with E-state index in [2.05, 4.69) is 6.92 Å². The molecule has 9 heavy (non-hydrogen) atoms. The maximum atomic E-state index is 4.88. The van der Waals surface area contributed by atoms with Crippen LogP contribution in [-0.4, -0.2) is 18.8 Å². The lowest BCUT2D eigenvalue weighted by atomic mass is 10.3. The van der Waals surface area contributed by atoms with Gasteiger partial charge in [0.2, 0.25) is 0 Å². The molecule has 0 N–H and O–H groups in total. The summed E-state index contributed by atoms with van der Waals surface area (Å²) in [7, 11) is 1.74. The Kier molecular flexibility index (Phi) is 8.60. The lowest BCUT2D eigenvalue weighted by molar-refractivity contribution is 0.259. The third kappa shape index (κ3) is 8.31. The van der Waals surface area contributed by atoms with Gasteiger partial charge in [-0.3, -0.25) is 0 Å². The quantitative estimate of drug-likeness (QED) is 0.423. The number of hydrogen-bond acceptors (Lipinski definition) is 2. The van der Waals surface area contributed by atoms with Crippen LogP contribution in [0.3, 0.4) is 0 Å². The van der Waals surface area contributed by atoms with E-state index in [4.69, 9.17) is 4.74 Å². The van der Waals surface area contributed by atoms with Crippen molar-refractivity contribution < 1.29 is 4.74 Å². The molecule has 0 aliphatic carbocycles. The summed E-state index contributed by atoms with van der Waals surface area (Å²) in [5, 5.41) is 0. The van der Waals surface area contributed by atoms with Gasteiger partial charge in [-0.2, -0.15) is 0 Å². The molecule has 0 aliphatic heterocycles. The molecule has 2 heteroatoms. The molecular weight excluding hydrogens is 132 g/mol. The fraction of sp³-hybridized carbons (Fsp3) is 1.00. The summed E-state index contributed by atoms with van der Waals surface area (Å²) >= 11 is 1.87. The van der Waals surface area contributed by atoms with Crippen molar-refractivity contribution in [1.29, 1.82) is 0 Å². The zero-order valence-electron chi connectivity index (χ0n) is 6.35. The average Bonchev–Trinajstić information content (AvgIpc) is 1.89. The van der Waals surface area contributed by atoms with Crippen LogP contribution in [0.4, 0.5) is 0 Å². The Bertz CT molecular complexity index is 42.2. The first-order valence-corrected chi connectivity index (χ1v) is 4.64. The molecule has 0 saturated heterocycles. The van der Waals surface area contributed by atoms with E-state index in [-0.39, 0.29) is 0 Å². The largest absolute Gasteiger partial charge is 0.374 e. The third-order valence-corrected chi connectivity index (χ3v) is 2.07. The van der Waals surface area contributed by atoms with Crippen LogP contribution in [-0.2, 0) is 4.74 Å². The van der Waals surface area contributed by atoms with E-state index in [9.17, 15) is 0 Å². The minimum absolute atomic E-state index is 0.851. The van der Waals surface area contributed by atoms with E-state index < -0.39 is 0 Å². The molecule has 56 valence electrons. The van der Waals surface area contributed by atoms with Gasteiger partial charge >= 0.3 is 0 Å². The van der Waals surface area contributed by atoms with Gasteiger partial charge in [0.25, 0.3) is 0 Å². The van der Waals surface area contributed by atoms with Gasteiger partial charge in [-0.1, -0.05) is 19.8 Å². The van der Waals surface area contributed by atoms with Crippen LogP contribution in [0.15, 0.2) is 0 Å². The van der Waals surface area contributed by atoms with Gasteiger partial charge in [-0.05, 0) is 12.2 Å². The van der Waals surface area contributed by atoms with Crippen LogP contribution in [0.5, 0.6) is 0 Å². The smallest absolute Gasteiger partial charge is 0.0917 e. The number of methoxy groups -OCH3 is 1. The van der Waals surface area contributed by atoms with Crippen molar-refractivity contribution in [3.63, 3.8) is 0 Å². The predicted molar refractivity (Wildman–Crippen MR) is 43.9 cm³/mol. The molecule has 0 fully saturated rings. The summed E-state index contributed by atoms with van der Waals surface area (Å²) in [4.78, 5) is 0. The molecule has 0 spiro atoms. The summed E-state index contributed by atoms with van der Waals surface area (Å²) in [5.41, 5.74) is 0. The van der Waals surface area contributed by atoms with Crippen molar-refractivity contribution in [1.82, 2.24) is 0 Å². The van der Waals surface area contributed by atoms with E-state index in [0.29, 0.717) is 0 Å². The van der Waals surface area contributed by atoms with Crippen molar-refractivity contribution in [2.45, 2.75) is 26.2 Å². The average molecular weight is 148 g/mol. The molecule has 0 aromatic carbocycles. The lowest BCUT2D eigenvalue weighted by Crippen LogP contribution is -1.84. The standard InChI is InChI=1S/C7H16OS/c1-3-4-5-6-9-7-8-2/h3-7H2,1-2H3. The molecule has 0 aliphatic rings. The molecule has 0 amide bonds. The molecule has 0 heterocycles. The second-order valence-electron chi connectivity index (χ2n) is 2.02. The van der Waals surface area contributed by atoms with Gasteiger partial charge in [-0.25, -0.2) is 0 Å². The Balaban J connectivity index is 2.60. The molecule has 1 nitrogen and oxygen atoms in total. The van der Waals surface area contributed by atoms with Crippen LogP contribution in [0, 0.1) is 0 Å². The first kappa shape index (κ1) is 9.31. The van der Waals surface area contributed by atoms with Crippen molar-refractivity contribution >= 4 is 11.8 Å². The van der Waals surface area contributed by atoms with Crippen LogP contribution >= 0.6 is 11.8 Å². The molecular formula is C7H16OS. The second kappa shape index (κ2) is 8.31. The van der Waals surface area contributed by atoms with Crippen LogP contribution < -0.4 is 0 Å².